The fraction of sp³-hybridized carbons (Fsp3) is 0.208. The Labute approximate surface area is 166 Å². The van der Waals surface area contributed by atoms with E-state index in [-0.39, 0.29) is 11.9 Å². The summed E-state index contributed by atoms with van der Waals surface area (Å²) in [6.45, 7) is 4.20. The summed E-state index contributed by atoms with van der Waals surface area (Å²) in [6, 6.07) is 26.6. The van der Waals surface area contributed by atoms with Crippen LogP contribution in [0.15, 0.2) is 78.9 Å². The first kappa shape index (κ1) is 19.2. The number of nitrogens with one attached hydrogen (secondary N) is 1. The standard InChI is InChI=1S/C24H25NOS/c1-18-10-6-8-14-21(18)16-27-17-23(26)25-24(20-12-4-3-5-13-20)22-15-9-7-11-19(22)2/h3-15,24H,16-17H2,1-2H3,(H,25,26)/t24-/m0/s1. The van der Waals surface area contributed by atoms with E-state index >= 15 is 0 Å². The van der Waals surface area contributed by atoms with Gasteiger partial charge in [-0.25, -0.2) is 0 Å². The highest BCUT2D eigenvalue weighted by atomic mass is 32.2. The van der Waals surface area contributed by atoms with Crippen molar-refractivity contribution in [3.05, 3.63) is 107 Å². The molecule has 0 aliphatic heterocycles. The van der Waals surface area contributed by atoms with Crippen molar-refractivity contribution in [2.45, 2.75) is 25.6 Å². The van der Waals surface area contributed by atoms with Gasteiger partial charge in [-0.15, -0.1) is 11.8 Å². The van der Waals surface area contributed by atoms with Gasteiger partial charge in [-0.3, -0.25) is 4.79 Å². The minimum absolute atomic E-state index is 0.0608. The van der Waals surface area contributed by atoms with Crippen molar-refractivity contribution in [2.75, 3.05) is 5.75 Å². The lowest BCUT2D eigenvalue weighted by Gasteiger charge is -2.21. The third kappa shape index (κ3) is 5.24. The van der Waals surface area contributed by atoms with E-state index in [2.05, 4.69) is 55.6 Å². The summed E-state index contributed by atoms with van der Waals surface area (Å²) in [6.07, 6.45) is 0. The van der Waals surface area contributed by atoms with E-state index < -0.39 is 0 Å². The number of benzene rings is 3. The zero-order chi connectivity index (χ0) is 19.1. The Morgan fingerprint density at radius 2 is 1.48 bits per heavy atom. The molecule has 27 heavy (non-hydrogen) atoms. The highest BCUT2D eigenvalue weighted by molar-refractivity contribution is 7.99. The van der Waals surface area contributed by atoms with E-state index in [4.69, 9.17) is 0 Å². The Balaban J connectivity index is 1.68. The predicted octanol–water partition coefficient (Wildman–Crippen LogP) is 5.44. The van der Waals surface area contributed by atoms with Gasteiger partial charge in [0.25, 0.3) is 0 Å². The Morgan fingerprint density at radius 1 is 0.852 bits per heavy atom. The first-order valence-electron chi connectivity index (χ1n) is 9.17. The van der Waals surface area contributed by atoms with Crippen LogP contribution in [0.3, 0.4) is 0 Å². The molecular formula is C24H25NOS. The summed E-state index contributed by atoms with van der Waals surface area (Å²) < 4.78 is 0. The third-order valence-corrected chi connectivity index (χ3v) is 5.67. The summed E-state index contributed by atoms with van der Waals surface area (Å²) in [5, 5.41) is 3.23. The number of thioether (sulfide) groups is 1. The van der Waals surface area contributed by atoms with Gasteiger partial charge in [-0.1, -0.05) is 78.9 Å². The monoisotopic (exact) mass is 375 g/mol. The number of carbonyl (C=O) groups excluding carboxylic acids is 1. The maximum atomic E-state index is 12.7. The highest BCUT2D eigenvalue weighted by Crippen LogP contribution is 2.25. The fourth-order valence-electron chi connectivity index (χ4n) is 3.13. The van der Waals surface area contributed by atoms with Crippen LogP contribution >= 0.6 is 11.8 Å². The number of rotatable bonds is 7. The molecule has 0 bridgehead atoms. The molecule has 0 saturated carbocycles. The topological polar surface area (TPSA) is 29.1 Å². The average Bonchev–Trinajstić information content (AvgIpc) is 2.69. The van der Waals surface area contributed by atoms with E-state index in [1.165, 1.54) is 16.7 Å². The van der Waals surface area contributed by atoms with Crippen molar-refractivity contribution in [1.82, 2.24) is 5.32 Å². The van der Waals surface area contributed by atoms with Crippen LogP contribution in [0.5, 0.6) is 0 Å². The largest absolute Gasteiger partial charge is 0.344 e. The van der Waals surface area contributed by atoms with Crippen LogP contribution in [0.1, 0.15) is 33.9 Å². The van der Waals surface area contributed by atoms with Crippen LogP contribution in [-0.4, -0.2) is 11.7 Å². The molecule has 0 heterocycles. The molecule has 0 saturated heterocycles. The lowest BCUT2D eigenvalue weighted by molar-refractivity contribution is -0.119. The Kier molecular flexibility index (Phi) is 6.72. The molecule has 0 radical (unpaired) electrons. The van der Waals surface area contributed by atoms with Crippen molar-refractivity contribution in [2.24, 2.45) is 0 Å². The highest BCUT2D eigenvalue weighted by Gasteiger charge is 2.18. The molecule has 3 aromatic rings. The SMILES string of the molecule is Cc1ccccc1CSCC(=O)N[C@@H](c1ccccc1)c1ccccc1C. The van der Waals surface area contributed by atoms with Gasteiger partial charge in [0.2, 0.25) is 5.91 Å². The first-order chi connectivity index (χ1) is 13.1. The second kappa shape index (κ2) is 9.43. The van der Waals surface area contributed by atoms with Gasteiger partial charge < -0.3 is 5.32 Å². The number of hydrogen-bond acceptors (Lipinski definition) is 2. The third-order valence-electron chi connectivity index (χ3n) is 4.69. The Bertz CT molecular complexity index is 892. The molecule has 3 rings (SSSR count). The van der Waals surface area contributed by atoms with Gasteiger partial charge in [0.1, 0.15) is 0 Å². The van der Waals surface area contributed by atoms with Crippen LogP contribution in [0, 0.1) is 13.8 Å². The average molecular weight is 376 g/mol. The van der Waals surface area contributed by atoms with Crippen LogP contribution in [0.4, 0.5) is 0 Å². The van der Waals surface area contributed by atoms with E-state index in [0.29, 0.717) is 5.75 Å². The molecule has 0 aliphatic rings. The van der Waals surface area contributed by atoms with E-state index in [9.17, 15) is 4.79 Å². The van der Waals surface area contributed by atoms with Gasteiger partial charge >= 0.3 is 0 Å². The van der Waals surface area contributed by atoms with Crippen LogP contribution in [0.25, 0.3) is 0 Å². The molecule has 1 atom stereocenters. The quantitative estimate of drug-likeness (QED) is 0.595. The van der Waals surface area contributed by atoms with Crippen LogP contribution in [0.2, 0.25) is 0 Å². The second-order valence-electron chi connectivity index (χ2n) is 6.69. The molecule has 0 fully saturated rings. The van der Waals surface area contributed by atoms with Gasteiger partial charge in [-0.05, 0) is 41.7 Å². The molecule has 2 nitrogen and oxygen atoms in total. The van der Waals surface area contributed by atoms with Gasteiger partial charge in [-0.2, -0.15) is 0 Å². The normalized spacial score (nSPS) is 11.8. The number of hydrogen-bond donors (Lipinski definition) is 1. The summed E-state index contributed by atoms with van der Waals surface area (Å²) in [4.78, 5) is 12.7. The smallest absolute Gasteiger partial charge is 0.230 e. The van der Waals surface area contributed by atoms with Crippen LogP contribution in [-0.2, 0) is 10.5 Å². The van der Waals surface area contributed by atoms with E-state index in [1.54, 1.807) is 11.8 Å². The zero-order valence-corrected chi connectivity index (χ0v) is 16.6. The Hall–Kier alpha value is -2.52. The lowest BCUT2D eigenvalue weighted by Crippen LogP contribution is -2.31. The number of carbonyl (C=O) groups is 1. The van der Waals surface area contributed by atoms with Crippen molar-refractivity contribution in [1.29, 1.82) is 0 Å². The Morgan fingerprint density at radius 3 is 2.19 bits per heavy atom. The minimum Gasteiger partial charge on any atom is -0.344 e. The molecule has 3 aromatic carbocycles. The lowest BCUT2D eigenvalue weighted by atomic mass is 9.95. The number of aryl methyl sites for hydroxylation is 2. The van der Waals surface area contributed by atoms with Crippen molar-refractivity contribution >= 4 is 17.7 Å². The maximum Gasteiger partial charge on any atom is 0.230 e. The molecule has 3 heteroatoms. The minimum atomic E-state index is -0.126. The summed E-state index contributed by atoms with van der Waals surface area (Å²) in [5.41, 5.74) is 5.98. The van der Waals surface area contributed by atoms with Crippen LogP contribution < -0.4 is 5.32 Å². The molecule has 1 N–H and O–H groups in total. The first-order valence-corrected chi connectivity index (χ1v) is 10.3. The second-order valence-corrected chi connectivity index (χ2v) is 7.67. The molecular weight excluding hydrogens is 350 g/mol. The van der Waals surface area contributed by atoms with Gasteiger partial charge in [0, 0.05) is 5.75 Å². The van der Waals surface area contributed by atoms with Crippen molar-refractivity contribution in [3.63, 3.8) is 0 Å². The van der Waals surface area contributed by atoms with E-state index in [1.807, 2.05) is 42.5 Å². The molecule has 0 spiro atoms. The maximum absolute atomic E-state index is 12.7. The zero-order valence-electron chi connectivity index (χ0n) is 15.8. The molecule has 0 aromatic heterocycles. The van der Waals surface area contributed by atoms with Gasteiger partial charge in [0.15, 0.2) is 0 Å². The molecule has 0 aliphatic carbocycles. The van der Waals surface area contributed by atoms with Crippen molar-refractivity contribution in [3.8, 4) is 0 Å². The van der Waals surface area contributed by atoms with E-state index in [0.717, 1.165) is 16.9 Å². The molecule has 0 unspecified atom stereocenters. The van der Waals surface area contributed by atoms with Gasteiger partial charge in [0.05, 0.1) is 11.8 Å². The fourth-order valence-corrected chi connectivity index (χ4v) is 4.04. The van der Waals surface area contributed by atoms with Crippen molar-refractivity contribution < 1.29 is 4.79 Å². The summed E-state index contributed by atoms with van der Waals surface area (Å²) in [5.74, 6) is 1.36. The summed E-state index contributed by atoms with van der Waals surface area (Å²) >= 11 is 1.65. The molecule has 138 valence electrons. The molecule has 1 amide bonds. The number of amides is 1. The summed E-state index contributed by atoms with van der Waals surface area (Å²) in [7, 11) is 0. The predicted molar refractivity (Wildman–Crippen MR) is 115 cm³/mol.